The summed E-state index contributed by atoms with van der Waals surface area (Å²) in [6.07, 6.45) is 4.00. The van der Waals surface area contributed by atoms with Gasteiger partial charge in [0.1, 0.15) is 5.76 Å². The molecule has 1 aromatic rings. The zero-order valence-corrected chi connectivity index (χ0v) is 14.3. The van der Waals surface area contributed by atoms with Gasteiger partial charge in [0, 0.05) is 38.1 Å². The topological polar surface area (TPSA) is 75.6 Å². The van der Waals surface area contributed by atoms with Crippen LogP contribution in [0.3, 0.4) is 0 Å². The molecule has 1 saturated carbocycles. The molecule has 2 fully saturated rings. The first-order chi connectivity index (χ1) is 11.0. The van der Waals surface area contributed by atoms with Gasteiger partial charge in [-0.2, -0.15) is 0 Å². The van der Waals surface area contributed by atoms with E-state index >= 15 is 0 Å². The fourth-order valence-electron chi connectivity index (χ4n) is 3.63. The van der Waals surface area contributed by atoms with Crippen LogP contribution in [0.2, 0.25) is 0 Å². The number of amides is 1. The molecule has 2 atom stereocenters. The van der Waals surface area contributed by atoms with E-state index in [9.17, 15) is 4.79 Å². The zero-order chi connectivity index (χ0) is 16.4. The molecule has 0 unspecified atom stereocenters. The summed E-state index contributed by atoms with van der Waals surface area (Å²) in [5.41, 5.74) is 6.98. The number of nitrogens with two attached hydrogens (primary N) is 1. The molecular formula is C17H28N4O2. The molecule has 6 heteroatoms. The largest absolute Gasteiger partial charge is 0.444 e. The van der Waals surface area contributed by atoms with E-state index in [2.05, 4.69) is 9.88 Å². The van der Waals surface area contributed by atoms with E-state index in [0.29, 0.717) is 5.91 Å². The molecule has 3 rings (SSSR count). The number of nitrogens with zero attached hydrogens (tertiary/aromatic N) is 3. The first-order valence-electron chi connectivity index (χ1n) is 8.72. The highest BCUT2D eigenvalue weighted by Crippen LogP contribution is 2.25. The fraction of sp³-hybridized carbons (Fsp3) is 0.765. The normalized spacial score (nSPS) is 26.5. The van der Waals surface area contributed by atoms with Crippen molar-refractivity contribution in [2.75, 3.05) is 26.2 Å². The average molecular weight is 320 g/mol. The Hall–Kier alpha value is -1.40. The van der Waals surface area contributed by atoms with E-state index in [-0.39, 0.29) is 12.0 Å². The molecule has 0 spiro atoms. The van der Waals surface area contributed by atoms with Crippen LogP contribution in [0.4, 0.5) is 0 Å². The molecule has 2 aliphatic rings. The summed E-state index contributed by atoms with van der Waals surface area (Å²) in [5, 5.41) is 0. The molecule has 23 heavy (non-hydrogen) atoms. The van der Waals surface area contributed by atoms with Gasteiger partial charge in [0.05, 0.1) is 12.2 Å². The molecule has 1 aliphatic heterocycles. The van der Waals surface area contributed by atoms with Gasteiger partial charge in [-0.1, -0.05) is 6.42 Å². The van der Waals surface area contributed by atoms with E-state index < -0.39 is 0 Å². The molecule has 0 aromatic carbocycles. The molecule has 0 bridgehead atoms. The minimum atomic E-state index is 0.141. The summed E-state index contributed by atoms with van der Waals surface area (Å²) in [5.74, 6) is 2.12. The standard InChI is InChI=1S/C17H28N4O2/c1-12-13(2)23-16(19-12)11-20-6-8-21(9-7-20)17(22)14-4-3-5-15(18)10-14/h14-15H,3-11,18H2,1-2H3/t14-,15+/m0/s1. The first-order valence-corrected chi connectivity index (χ1v) is 8.72. The lowest BCUT2D eigenvalue weighted by Crippen LogP contribution is -2.51. The summed E-state index contributed by atoms with van der Waals surface area (Å²) in [6, 6.07) is 0.204. The van der Waals surface area contributed by atoms with Crippen LogP contribution >= 0.6 is 0 Å². The predicted molar refractivity (Wildman–Crippen MR) is 87.8 cm³/mol. The molecule has 1 aliphatic carbocycles. The highest BCUT2D eigenvalue weighted by molar-refractivity contribution is 5.79. The third-order valence-corrected chi connectivity index (χ3v) is 5.18. The number of carbonyl (C=O) groups excluding carboxylic acids is 1. The molecule has 0 radical (unpaired) electrons. The summed E-state index contributed by atoms with van der Waals surface area (Å²) in [4.78, 5) is 21.4. The van der Waals surface area contributed by atoms with Gasteiger partial charge in [0.2, 0.25) is 11.8 Å². The molecule has 2 heterocycles. The third-order valence-electron chi connectivity index (χ3n) is 5.18. The Morgan fingerprint density at radius 1 is 1.26 bits per heavy atom. The van der Waals surface area contributed by atoms with E-state index in [1.54, 1.807) is 0 Å². The van der Waals surface area contributed by atoms with Gasteiger partial charge in [0.15, 0.2) is 0 Å². The second-order valence-electron chi connectivity index (χ2n) is 6.97. The third kappa shape index (κ3) is 3.93. The van der Waals surface area contributed by atoms with Gasteiger partial charge in [0.25, 0.3) is 0 Å². The van der Waals surface area contributed by atoms with Crippen LogP contribution in [0.5, 0.6) is 0 Å². The number of aryl methyl sites for hydroxylation is 2. The minimum Gasteiger partial charge on any atom is -0.444 e. The first kappa shape index (κ1) is 16.5. The highest BCUT2D eigenvalue weighted by atomic mass is 16.4. The number of aromatic nitrogens is 1. The predicted octanol–water partition coefficient (Wildman–Crippen LogP) is 1.45. The van der Waals surface area contributed by atoms with Gasteiger partial charge < -0.3 is 15.1 Å². The van der Waals surface area contributed by atoms with Crippen LogP contribution < -0.4 is 5.73 Å². The van der Waals surface area contributed by atoms with Crippen molar-refractivity contribution in [3.05, 3.63) is 17.3 Å². The SMILES string of the molecule is Cc1nc(CN2CCN(C(=O)[C@H]3CCC[C@@H](N)C3)CC2)oc1C. The smallest absolute Gasteiger partial charge is 0.225 e. The number of carbonyl (C=O) groups is 1. The zero-order valence-electron chi connectivity index (χ0n) is 14.3. The number of oxazole rings is 1. The maximum Gasteiger partial charge on any atom is 0.225 e. The Morgan fingerprint density at radius 3 is 2.61 bits per heavy atom. The maximum absolute atomic E-state index is 12.6. The van der Waals surface area contributed by atoms with Crippen molar-refractivity contribution in [2.24, 2.45) is 11.7 Å². The number of hydrogen-bond acceptors (Lipinski definition) is 5. The summed E-state index contributed by atoms with van der Waals surface area (Å²) in [7, 11) is 0. The Bertz CT molecular complexity index is 529. The lowest BCUT2D eigenvalue weighted by atomic mass is 9.85. The monoisotopic (exact) mass is 320 g/mol. The molecule has 2 N–H and O–H groups in total. The lowest BCUT2D eigenvalue weighted by Gasteiger charge is -2.37. The Morgan fingerprint density at radius 2 is 2.00 bits per heavy atom. The van der Waals surface area contributed by atoms with Crippen LogP contribution in [-0.2, 0) is 11.3 Å². The van der Waals surface area contributed by atoms with Gasteiger partial charge in [-0.05, 0) is 33.1 Å². The van der Waals surface area contributed by atoms with Crippen molar-refractivity contribution in [3.63, 3.8) is 0 Å². The Balaban J connectivity index is 1.49. The number of piperazine rings is 1. The highest BCUT2D eigenvalue weighted by Gasteiger charge is 2.30. The van der Waals surface area contributed by atoms with E-state index in [4.69, 9.17) is 10.2 Å². The van der Waals surface area contributed by atoms with Crippen LogP contribution in [0.25, 0.3) is 0 Å². The van der Waals surface area contributed by atoms with Crippen molar-refractivity contribution in [2.45, 2.75) is 52.1 Å². The van der Waals surface area contributed by atoms with Gasteiger partial charge >= 0.3 is 0 Å². The number of hydrogen-bond donors (Lipinski definition) is 1. The summed E-state index contributed by atoms with van der Waals surface area (Å²) < 4.78 is 5.65. The summed E-state index contributed by atoms with van der Waals surface area (Å²) in [6.45, 7) is 7.98. The molecule has 128 valence electrons. The lowest BCUT2D eigenvalue weighted by molar-refractivity contribution is -0.138. The minimum absolute atomic E-state index is 0.141. The molecular weight excluding hydrogens is 292 g/mol. The van der Waals surface area contributed by atoms with Crippen molar-refractivity contribution in [3.8, 4) is 0 Å². The Kier molecular flexibility index (Phi) is 5.02. The quantitative estimate of drug-likeness (QED) is 0.912. The Labute approximate surface area is 138 Å². The molecule has 1 aromatic heterocycles. The van der Waals surface area contributed by atoms with E-state index in [0.717, 1.165) is 75.8 Å². The second-order valence-corrected chi connectivity index (χ2v) is 6.97. The molecule has 1 saturated heterocycles. The van der Waals surface area contributed by atoms with E-state index in [1.165, 1.54) is 0 Å². The molecule has 1 amide bonds. The van der Waals surface area contributed by atoms with Crippen LogP contribution in [0.15, 0.2) is 4.42 Å². The van der Waals surface area contributed by atoms with Gasteiger partial charge in [-0.25, -0.2) is 4.98 Å². The van der Waals surface area contributed by atoms with Crippen molar-refractivity contribution < 1.29 is 9.21 Å². The van der Waals surface area contributed by atoms with Gasteiger partial charge in [-0.15, -0.1) is 0 Å². The van der Waals surface area contributed by atoms with Crippen LogP contribution in [0, 0.1) is 19.8 Å². The average Bonchev–Trinajstić information content (AvgIpc) is 2.85. The van der Waals surface area contributed by atoms with Crippen molar-refractivity contribution in [1.29, 1.82) is 0 Å². The van der Waals surface area contributed by atoms with Crippen molar-refractivity contribution >= 4 is 5.91 Å². The second kappa shape index (κ2) is 7.01. The molecule has 6 nitrogen and oxygen atoms in total. The van der Waals surface area contributed by atoms with Gasteiger partial charge in [-0.3, -0.25) is 9.69 Å². The summed E-state index contributed by atoms with van der Waals surface area (Å²) >= 11 is 0. The van der Waals surface area contributed by atoms with Crippen LogP contribution in [0.1, 0.15) is 43.0 Å². The van der Waals surface area contributed by atoms with Crippen LogP contribution in [-0.4, -0.2) is 52.9 Å². The fourth-order valence-corrected chi connectivity index (χ4v) is 3.63. The van der Waals surface area contributed by atoms with E-state index in [1.807, 2.05) is 18.7 Å². The van der Waals surface area contributed by atoms with Crippen molar-refractivity contribution in [1.82, 2.24) is 14.8 Å². The maximum atomic E-state index is 12.6. The number of rotatable bonds is 3.